The maximum Gasteiger partial charge on any atom is 0.331 e. The molecule has 0 saturated carbocycles. The van der Waals surface area contributed by atoms with E-state index in [1.165, 1.54) is 38.3 Å². The van der Waals surface area contributed by atoms with Crippen molar-refractivity contribution in [1.29, 1.82) is 0 Å². The first-order valence-electron chi connectivity index (χ1n) is 5.75. The average Bonchev–Trinajstić information content (AvgIpc) is 2.38. The number of primary amides is 1. The summed E-state index contributed by atoms with van der Waals surface area (Å²) in [4.78, 5) is 34.1. The maximum absolute atomic E-state index is 12.0. The molecule has 1 aromatic rings. The van der Waals surface area contributed by atoms with Gasteiger partial charge in [-0.05, 0) is 31.2 Å². The van der Waals surface area contributed by atoms with Gasteiger partial charge in [-0.1, -0.05) is 0 Å². The van der Waals surface area contributed by atoms with Crippen molar-refractivity contribution in [3.05, 3.63) is 35.4 Å². The molecule has 0 heterocycles. The van der Waals surface area contributed by atoms with Crippen LogP contribution in [-0.2, 0) is 9.53 Å². The van der Waals surface area contributed by atoms with Gasteiger partial charge in [0, 0.05) is 18.2 Å². The van der Waals surface area contributed by atoms with Gasteiger partial charge in [-0.25, -0.2) is 4.79 Å². The number of hydrogen-bond acceptors (Lipinski definition) is 4. The van der Waals surface area contributed by atoms with Gasteiger partial charge in [-0.2, -0.15) is 0 Å². The average molecular weight is 280 g/mol. The van der Waals surface area contributed by atoms with Crippen molar-refractivity contribution in [2.45, 2.75) is 12.5 Å². The second kappa shape index (κ2) is 6.16. The number of carboxylic acid groups (broad SMARTS) is 1. The largest absolute Gasteiger partial charge is 0.479 e. The van der Waals surface area contributed by atoms with E-state index in [1.807, 2.05) is 0 Å². The van der Waals surface area contributed by atoms with Crippen LogP contribution in [0.2, 0.25) is 0 Å². The molecule has 4 N–H and O–H groups in total. The summed E-state index contributed by atoms with van der Waals surface area (Å²) in [6.45, 7) is 1.17. The molecule has 0 saturated heterocycles. The number of carbonyl (C=O) groups is 3. The van der Waals surface area contributed by atoms with E-state index in [-0.39, 0.29) is 17.7 Å². The van der Waals surface area contributed by atoms with Crippen molar-refractivity contribution in [3.8, 4) is 0 Å². The monoisotopic (exact) mass is 280 g/mol. The van der Waals surface area contributed by atoms with Crippen molar-refractivity contribution >= 4 is 17.8 Å². The van der Waals surface area contributed by atoms with Gasteiger partial charge >= 0.3 is 5.97 Å². The van der Waals surface area contributed by atoms with E-state index in [2.05, 4.69) is 5.32 Å². The summed E-state index contributed by atoms with van der Waals surface area (Å²) in [5, 5.41) is 11.5. The number of ether oxygens (including phenoxy) is 1. The van der Waals surface area contributed by atoms with Gasteiger partial charge in [0.25, 0.3) is 5.91 Å². The maximum atomic E-state index is 12.0. The lowest BCUT2D eigenvalue weighted by Gasteiger charge is -2.25. The number of rotatable bonds is 6. The Labute approximate surface area is 115 Å². The quantitative estimate of drug-likeness (QED) is 0.678. The highest BCUT2D eigenvalue weighted by atomic mass is 16.5. The van der Waals surface area contributed by atoms with Crippen LogP contribution in [0, 0.1) is 0 Å². The standard InChI is InChI=1S/C13H16N2O5/c1-13(7-20-2,12(18)19)15-11(17)9-5-3-8(4-6-9)10(14)16/h3-6H,7H2,1-2H3,(H2,14,16)(H,15,17)(H,18,19). The number of nitrogens with two attached hydrogens (primary N) is 1. The molecule has 7 heteroatoms. The third-order valence-corrected chi connectivity index (χ3v) is 2.73. The molecule has 0 fully saturated rings. The van der Waals surface area contributed by atoms with Crippen LogP contribution in [0.5, 0.6) is 0 Å². The molecule has 20 heavy (non-hydrogen) atoms. The molecule has 0 radical (unpaired) electrons. The van der Waals surface area contributed by atoms with Crippen molar-refractivity contribution in [3.63, 3.8) is 0 Å². The van der Waals surface area contributed by atoms with E-state index >= 15 is 0 Å². The lowest BCUT2D eigenvalue weighted by molar-refractivity contribution is -0.145. The van der Waals surface area contributed by atoms with E-state index in [9.17, 15) is 14.4 Å². The molecule has 1 rings (SSSR count). The minimum atomic E-state index is -1.53. The summed E-state index contributed by atoms with van der Waals surface area (Å²) in [6.07, 6.45) is 0. The lowest BCUT2D eigenvalue weighted by atomic mass is 10.0. The Balaban J connectivity index is 2.89. The summed E-state index contributed by atoms with van der Waals surface area (Å²) in [7, 11) is 1.34. The van der Waals surface area contributed by atoms with Gasteiger partial charge in [0.1, 0.15) is 0 Å². The first kappa shape index (κ1) is 15.6. The van der Waals surface area contributed by atoms with Crippen LogP contribution >= 0.6 is 0 Å². The number of carbonyl (C=O) groups excluding carboxylic acids is 2. The fraction of sp³-hybridized carbons (Fsp3) is 0.308. The highest BCUT2D eigenvalue weighted by Gasteiger charge is 2.35. The fourth-order valence-corrected chi connectivity index (χ4v) is 1.55. The summed E-state index contributed by atoms with van der Waals surface area (Å²) < 4.78 is 4.80. The van der Waals surface area contributed by atoms with Gasteiger partial charge in [0.2, 0.25) is 5.91 Å². The van der Waals surface area contributed by atoms with E-state index in [0.29, 0.717) is 0 Å². The Kier molecular flexibility index (Phi) is 4.82. The van der Waals surface area contributed by atoms with E-state index in [1.54, 1.807) is 0 Å². The number of amides is 2. The summed E-state index contributed by atoms with van der Waals surface area (Å²) in [6, 6.07) is 5.58. The molecular weight excluding hydrogens is 264 g/mol. The molecule has 0 aromatic heterocycles. The van der Waals surface area contributed by atoms with Gasteiger partial charge in [-0.15, -0.1) is 0 Å². The number of aliphatic carboxylic acids is 1. The number of nitrogens with one attached hydrogen (secondary N) is 1. The second-order valence-electron chi connectivity index (χ2n) is 4.47. The SMILES string of the molecule is COCC(C)(NC(=O)c1ccc(C(N)=O)cc1)C(=O)O. The highest BCUT2D eigenvalue weighted by molar-refractivity contribution is 5.99. The summed E-state index contributed by atoms with van der Waals surface area (Å²) in [5.74, 6) is -2.39. The molecule has 0 aliphatic heterocycles. The Morgan fingerprint density at radius 2 is 1.75 bits per heavy atom. The number of hydrogen-bond donors (Lipinski definition) is 3. The first-order chi connectivity index (χ1) is 9.30. The second-order valence-corrected chi connectivity index (χ2v) is 4.47. The van der Waals surface area contributed by atoms with Crippen LogP contribution < -0.4 is 11.1 Å². The van der Waals surface area contributed by atoms with Crippen molar-refractivity contribution in [1.82, 2.24) is 5.32 Å². The van der Waals surface area contributed by atoms with Crippen LogP contribution in [0.1, 0.15) is 27.6 Å². The molecule has 2 amide bonds. The molecule has 108 valence electrons. The molecular formula is C13H16N2O5. The van der Waals surface area contributed by atoms with Gasteiger partial charge in [-0.3, -0.25) is 9.59 Å². The van der Waals surface area contributed by atoms with E-state index in [0.717, 1.165) is 0 Å². The Bertz CT molecular complexity index is 526. The smallest absolute Gasteiger partial charge is 0.331 e. The van der Waals surface area contributed by atoms with E-state index in [4.69, 9.17) is 15.6 Å². The molecule has 0 bridgehead atoms. The van der Waals surface area contributed by atoms with Crippen LogP contribution in [0.15, 0.2) is 24.3 Å². The summed E-state index contributed by atoms with van der Waals surface area (Å²) >= 11 is 0. The predicted molar refractivity (Wildman–Crippen MR) is 70.3 cm³/mol. The molecule has 0 aliphatic rings. The zero-order valence-corrected chi connectivity index (χ0v) is 11.2. The normalized spacial score (nSPS) is 13.3. The summed E-state index contributed by atoms with van der Waals surface area (Å²) in [5.41, 5.74) is 4.04. The van der Waals surface area contributed by atoms with Gasteiger partial charge in [0.15, 0.2) is 5.54 Å². The number of carboxylic acids is 1. The highest BCUT2D eigenvalue weighted by Crippen LogP contribution is 2.09. The van der Waals surface area contributed by atoms with Crippen molar-refractivity contribution < 1.29 is 24.2 Å². The Hall–Kier alpha value is -2.41. The zero-order chi connectivity index (χ0) is 15.3. The van der Waals surface area contributed by atoms with Crippen LogP contribution in [0.3, 0.4) is 0 Å². The number of benzene rings is 1. The minimum absolute atomic E-state index is 0.173. The topological polar surface area (TPSA) is 119 Å². The molecule has 0 spiro atoms. The van der Waals surface area contributed by atoms with E-state index < -0.39 is 23.3 Å². The first-order valence-corrected chi connectivity index (χ1v) is 5.75. The molecule has 7 nitrogen and oxygen atoms in total. The Morgan fingerprint density at radius 1 is 1.25 bits per heavy atom. The van der Waals surface area contributed by atoms with Crippen LogP contribution in [0.4, 0.5) is 0 Å². The molecule has 1 atom stereocenters. The fourth-order valence-electron chi connectivity index (χ4n) is 1.55. The van der Waals surface area contributed by atoms with Crippen molar-refractivity contribution in [2.75, 3.05) is 13.7 Å². The zero-order valence-electron chi connectivity index (χ0n) is 11.2. The van der Waals surface area contributed by atoms with Gasteiger partial charge < -0.3 is 20.9 Å². The minimum Gasteiger partial charge on any atom is -0.479 e. The molecule has 1 unspecified atom stereocenters. The van der Waals surface area contributed by atoms with Crippen LogP contribution in [0.25, 0.3) is 0 Å². The third kappa shape index (κ3) is 3.55. The van der Waals surface area contributed by atoms with Crippen molar-refractivity contribution in [2.24, 2.45) is 5.73 Å². The Morgan fingerprint density at radius 3 is 2.15 bits per heavy atom. The molecule has 1 aromatic carbocycles. The third-order valence-electron chi connectivity index (χ3n) is 2.73. The number of methoxy groups -OCH3 is 1. The predicted octanol–water partition coefficient (Wildman–Crippen LogP) is 0.00500. The lowest BCUT2D eigenvalue weighted by Crippen LogP contribution is -2.55. The van der Waals surface area contributed by atoms with Gasteiger partial charge in [0.05, 0.1) is 6.61 Å². The van der Waals surface area contributed by atoms with Crippen LogP contribution in [-0.4, -0.2) is 42.1 Å². The molecule has 0 aliphatic carbocycles.